The summed E-state index contributed by atoms with van der Waals surface area (Å²) in [5.41, 5.74) is 1.44. The molecule has 0 fully saturated rings. The molecule has 7 heteroatoms. The van der Waals surface area contributed by atoms with Crippen LogP contribution in [0.1, 0.15) is 37.9 Å². The van der Waals surface area contributed by atoms with E-state index < -0.39 is 17.3 Å². The number of benzene rings is 2. The van der Waals surface area contributed by atoms with Crippen LogP contribution in [0.5, 0.6) is 0 Å². The summed E-state index contributed by atoms with van der Waals surface area (Å²) in [6, 6.07) is 11.8. The molecule has 5 nitrogen and oxygen atoms in total. The summed E-state index contributed by atoms with van der Waals surface area (Å²) in [6.45, 7) is 5.15. The number of nitrogens with zero attached hydrogens (tertiary/aromatic N) is 3. The molecule has 3 rings (SSSR count). The van der Waals surface area contributed by atoms with Crippen LogP contribution in [0.3, 0.4) is 0 Å². The average molecular weight is 399 g/mol. The number of nitrogens with one attached hydrogen (secondary N) is 1. The van der Waals surface area contributed by atoms with E-state index >= 15 is 0 Å². The van der Waals surface area contributed by atoms with Gasteiger partial charge in [0.2, 0.25) is 5.91 Å². The lowest BCUT2D eigenvalue weighted by Gasteiger charge is -2.20. The number of amides is 1. The largest absolute Gasteiger partial charge is 0.348 e. The Morgan fingerprint density at radius 3 is 2.82 bits per heavy atom. The number of rotatable bonds is 5. The van der Waals surface area contributed by atoms with Gasteiger partial charge in [0.15, 0.2) is 0 Å². The standard InChI is InChI=1S/C21H20ClFN4O/c1-13(14-7-8-15(17(23)9-14)21(2,3)11-24)26-19(28)10-27-12-25-18-6-4-5-16(22)20(18)27/h4-9,12-13H,10H2,1-3H3,(H,26,28)/t13-/m0/s1. The molecule has 0 unspecified atom stereocenters. The fourth-order valence-electron chi connectivity index (χ4n) is 3.09. The van der Waals surface area contributed by atoms with Crippen LogP contribution in [0, 0.1) is 17.1 Å². The van der Waals surface area contributed by atoms with Gasteiger partial charge in [-0.05, 0) is 44.5 Å². The van der Waals surface area contributed by atoms with Crippen LogP contribution in [-0.4, -0.2) is 15.5 Å². The number of carbonyl (C=O) groups excluding carboxylic acids is 1. The van der Waals surface area contributed by atoms with Crippen molar-refractivity contribution in [1.29, 1.82) is 5.26 Å². The SMILES string of the molecule is C[C@H](NC(=O)Cn1cnc2cccc(Cl)c21)c1ccc(C(C)(C)C#N)c(F)c1. The second kappa shape index (κ2) is 7.61. The predicted molar refractivity (Wildman–Crippen MR) is 106 cm³/mol. The first-order chi connectivity index (χ1) is 13.2. The lowest BCUT2D eigenvalue weighted by Crippen LogP contribution is -2.30. The molecule has 144 valence electrons. The molecule has 1 amide bonds. The van der Waals surface area contributed by atoms with E-state index in [1.165, 1.54) is 6.07 Å². The maximum absolute atomic E-state index is 14.5. The normalized spacial score (nSPS) is 12.6. The van der Waals surface area contributed by atoms with Gasteiger partial charge in [-0.2, -0.15) is 5.26 Å². The van der Waals surface area contributed by atoms with Crippen LogP contribution in [-0.2, 0) is 16.8 Å². The Labute approximate surface area is 167 Å². The van der Waals surface area contributed by atoms with E-state index in [0.29, 0.717) is 27.2 Å². The van der Waals surface area contributed by atoms with E-state index in [0.717, 1.165) is 0 Å². The summed E-state index contributed by atoms with van der Waals surface area (Å²) in [5.74, 6) is -0.703. The van der Waals surface area contributed by atoms with Crippen molar-refractivity contribution < 1.29 is 9.18 Å². The fourth-order valence-corrected chi connectivity index (χ4v) is 3.37. The van der Waals surface area contributed by atoms with Gasteiger partial charge in [0.25, 0.3) is 0 Å². The fraction of sp³-hybridized carbons (Fsp3) is 0.286. The molecular weight excluding hydrogens is 379 g/mol. The number of imidazole rings is 1. The van der Waals surface area contributed by atoms with Crippen LogP contribution in [0.2, 0.25) is 5.02 Å². The van der Waals surface area contributed by atoms with Crippen molar-refractivity contribution in [2.75, 3.05) is 0 Å². The van der Waals surface area contributed by atoms with Crippen molar-refractivity contribution in [1.82, 2.24) is 14.9 Å². The Morgan fingerprint density at radius 2 is 2.14 bits per heavy atom. The van der Waals surface area contributed by atoms with E-state index in [-0.39, 0.29) is 12.5 Å². The Balaban J connectivity index is 1.74. The number of nitriles is 1. The predicted octanol–water partition coefficient (Wildman–Crippen LogP) is 4.51. The van der Waals surface area contributed by atoms with Gasteiger partial charge in [-0.3, -0.25) is 4.79 Å². The molecule has 0 bridgehead atoms. The van der Waals surface area contributed by atoms with E-state index in [2.05, 4.69) is 16.4 Å². The van der Waals surface area contributed by atoms with Crippen molar-refractivity contribution in [2.45, 2.75) is 38.8 Å². The Hall–Kier alpha value is -2.91. The van der Waals surface area contributed by atoms with Crippen molar-refractivity contribution in [3.8, 4) is 6.07 Å². The maximum atomic E-state index is 14.5. The van der Waals surface area contributed by atoms with Crippen LogP contribution in [0.4, 0.5) is 4.39 Å². The van der Waals surface area contributed by atoms with Gasteiger partial charge < -0.3 is 9.88 Å². The number of fused-ring (bicyclic) bond motifs is 1. The molecule has 0 aliphatic heterocycles. The highest BCUT2D eigenvalue weighted by molar-refractivity contribution is 6.35. The summed E-state index contributed by atoms with van der Waals surface area (Å²) in [5, 5.41) is 12.6. The highest BCUT2D eigenvalue weighted by Gasteiger charge is 2.24. The lowest BCUT2D eigenvalue weighted by molar-refractivity contribution is -0.122. The zero-order valence-corrected chi connectivity index (χ0v) is 16.6. The maximum Gasteiger partial charge on any atom is 0.240 e. The van der Waals surface area contributed by atoms with Crippen molar-refractivity contribution in [3.05, 3.63) is 64.7 Å². The number of para-hydroxylation sites is 1. The highest BCUT2D eigenvalue weighted by Crippen LogP contribution is 2.27. The van der Waals surface area contributed by atoms with Crippen LogP contribution < -0.4 is 5.32 Å². The summed E-state index contributed by atoms with van der Waals surface area (Å²) in [7, 11) is 0. The van der Waals surface area contributed by atoms with Gasteiger partial charge in [-0.25, -0.2) is 9.37 Å². The Bertz CT molecular complexity index is 1080. The smallest absolute Gasteiger partial charge is 0.240 e. The van der Waals surface area contributed by atoms with Crippen LogP contribution in [0.25, 0.3) is 11.0 Å². The first kappa shape index (κ1) is 19.8. The number of hydrogen-bond donors (Lipinski definition) is 1. The molecule has 28 heavy (non-hydrogen) atoms. The molecule has 0 saturated carbocycles. The second-order valence-electron chi connectivity index (χ2n) is 7.25. The summed E-state index contributed by atoms with van der Waals surface area (Å²) in [4.78, 5) is 16.7. The van der Waals surface area contributed by atoms with Crippen LogP contribution >= 0.6 is 11.6 Å². The molecule has 2 aromatic carbocycles. The zero-order valence-electron chi connectivity index (χ0n) is 15.8. The molecule has 0 spiro atoms. The van der Waals surface area contributed by atoms with Gasteiger partial charge >= 0.3 is 0 Å². The third kappa shape index (κ3) is 3.85. The van der Waals surface area contributed by atoms with Crippen molar-refractivity contribution in [2.24, 2.45) is 0 Å². The van der Waals surface area contributed by atoms with E-state index in [4.69, 9.17) is 11.6 Å². The molecule has 0 aliphatic carbocycles. The molecule has 0 radical (unpaired) electrons. The molecule has 3 aromatic rings. The summed E-state index contributed by atoms with van der Waals surface area (Å²) >= 11 is 6.21. The van der Waals surface area contributed by atoms with E-state index in [1.807, 2.05) is 6.07 Å². The van der Waals surface area contributed by atoms with Crippen molar-refractivity contribution >= 4 is 28.5 Å². The van der Waals surface area contributed by atoms with Gasteiger partial charge in [0.05, 0.1) is 39.9 Å². The van der Waals surface area contributed by atoms with E-state index in [9.17, 15) is 14.4 Å². The minimum atomic E-state index is -0.920. The molecule has 1 atom stereocenters. The first-order valence-electron chi connectivity index (χ1n) is 8.83. The molecule has 1 aromatic heterocycles. The topological polar surface area (TPSA) is 70.7 Å². The summed E-state index contributed by atoms with van der Waals surface area (Å²) in [6.07, 6.45) is 1.57. The second-order valence-corrected chi connectivity index (χ2v) is 7.65. The lowest BCUT2D eigenvalue weighted by atomic mass is 9.85. The number of carbonyl (C=O) groups is 1. The third-order valence-corrected chi connectivity index (χ3v) is 5.03. The minimum Gasteiger partial charge on any atom is -0.348 e. The summed E-state index contributed by atoms with van der Waals surface area (Å²) < 4.78 is 16.1. The van der Waals surface area contributed by atoms with Gasteiger partial charge in [0.1, 0.15) is 12.4 Å². The highest BCUT2D eigenvalue weighted by atomic mass is 35.5. The van der Waals surface area contributed by atoms with Gasteiger partial charge in [-0.1, -0.05) is 29.8 Å². The molecule has 1 heterocycles. The number of aromatic nitrogens is 2. The minimum absolute atomic E-state index is 0.0482. The number of hydrogen-bond acceptors (Lipinski definition) is 3. The Morgan fingerprint density at radius 1 is 1.39 bits per heavy atom. The number of halogens is 2. The Kier molecular flexibility index (Phi) is 5.39. The van der Waals surface area contributed by atoms with Crippen molar-refractivity contribution in [3.63, 3.8) is 0 Å². The van der Waals surface area contributed by atoms with Gasteiger partial charge in [0, 0.05) is 5.56 Å². The zero-order chi connectivity index (χ0) is 20.5. The molecule has 1 N–H and O–H groups in total. The van der Waals surface area contributed by atoms with E-state index in [1.54, 1.807) is 55.9 Å². The molecular formula is C21H20ClFN4O. The average Bonchev–Trinajstić information content (AvgIpc) is 3.05. The molecule has 0 saturated heterocycles. The van der Waals surface area contributed by atoms with Gasteiger partial charge in [-0.15, -0.1) is 0 Å². The quantitative estimate of drug-likeness (QED) is 0.687. The monoisotopic (exact) mass is 398 g/mol. The first-order valence-corrected chi connectivity index (χ1v) is 9.20. The third-order valence-electron chi connectivity index (χ3n) is 4.73. The molecule has 0 aliphatic rings. The van der Waals surface area contributed by atoms with Crippen LogP contribution in [0.15, 0.2) is 42.7 Å².